The van der Waals surface area contributed by atoms with Gasteiger partial charge in [0, 0.05) is 0 Å². The molecule has 0 spiro atoms. The minimum atomic E-state index is -2.48. The molecule has 0 aliphatic rings. The first-order valence-corrected chi connectivity index (χ1v) is 4.63. The first kappa shape index (κ1) is 15.9. The molecule has 0 aliphatic carbocycles. The zero-order valence-corrected chi connectivity index (χ0v) is 11.3. The Hall–Kier alpha value is -1.12. The van der Waals surface area contributed by atoms with Crippen molar-refractivity contribution < 1.29 is 13.5 Å². The number of hydrogen-bond acceptors (Lipinski definition) is 2. The molecule has 1 aromatic rings. The van der Waals surface area contributed by atoms with Gasteiger partial charge in [0.05, 0.1) is 6.54 Å². The Morgan fingerprint density at radius 1 is 1.35 bits per heavy atom. The van der Waals surface area contributed by atoms with E-state index in [2.05, 4.69) is 4.99 Å². The molecule has 4 nitrogen and oxygen atoms in total. The summed E-state index contributed by atoms with van der Waals surface area (Å²) in [6, 6.07) is 6.69. The van der Waals surface area contributed by atoms with Crippen molar-refractivity contribution in [2.75, 3.05) is 6.61 Å². The van der Waals surface area contributed by atoms with Gasteiger partial charge in [-0.15, -0.1) is 24.0 Å². The highest BCUT2D eigenvalue weighted by Crippen LogP contribution is 2.14. The van der Waals surface area contributed by atoms with Gasteiger partial charge in [0.2, 0.25) is 0 Å². The van der Waals surface area contributed by atoms with E-state index in [9.17, 15) is 8.78 Å². The summed E-state index contributed by atoms with van der Waals surface area (Å²) in [5.74, 6) is 0.363. The zero-order chi connectivity index (χ0) is 12.0. The van der Waals surface area contributed by atoms with Crippen LogP contribution in [0.1, 0.15) is 5.56 Å². The minimum Gasteiger partial charge on any atom is -0.488 e. The lowest BCUT2D eigenvalue weighted by atomic mass is 10.2. The van der Waals surface area contributed by atoms with E-state index in [-0.39, 0.29) is 29.9 Å². The fourth-order valence-electron chi connectivity index (χ4n) is 1.08. The fourth-order valence-corrected chi connectivity index (χ4v) is 1.08. The van der Waals surface area contributed by atoms with Gasteiger partial charge in [-0.05, 0) is 17.7 Å². The molecule has 96 valence electrons. The molecule has 0 heterocycles. The van der Waals surface area contributed by atoms with Gasteiger partial charge in [-0.2, -0.15) is 0 Å². The Labute approximate surface area is 115 Å². The molecule has 0 saturated carbocycles. The number of halogens is 3. The normalized spacial score (nSPS) is 9.59. The Bertz CT molecular complexity index is 370. The SMILES string of the molecule is I.NC(N)=NCc1cccc(OCC(F)F)c1. The van der Waals surface area contributed by atoms with Gasteiger partial charge >= 0.3 is 0 Å². The van der Waals surface area contributed by atoms with E-state index in [1.165, 1.54) is 0 Å². The smallest absolute Gasteiger partial charge is 0.272 e. The second kappa shape index (κ2) is 8.04. The number of nitrogens with zero attached hydrogens (tertiary/aromatic N) is 1. The van der Waals surface area contributed by atoms with Crippen molar-refractivity contribution in [3.8, 4) is 5.75 Å². The third kappa shape index (κ3) is 6.93. The molecule has 1 aromatic carbocycles. The van der Waals surface area contributed by atoms with Crippen LogP contribution < -0.4 is 16.2 Å². The van der Waals surface area contributed by atoms with Crippen molar-refractivity contribution in [2.24, 2.45) is 16.5 Å². The molecule has 0 saturated heterocycles. The number of ether oxygens (including phenoxy) is 1. The van der Waals surface area contributed by atoms with E-state index in [4.69, 9.17) is 16.2 Å². The molecule has 0 bridgehead atoms. The van der Waals surface area contributed by atoms with Crippen molar-refractivity contribution >= 4 is 29.9 Å². The molecule has 0 fully saturated rings. The number of hydrogen-bond donors (Lipinski definition) is 2. The van der Waals surface area contributed by atoms with Gasteiger partial charge in [0.1, 0.15) is 12.4 Å². The molecular weight excluding hydrogens is 343 g/mol. The second-order valence-corrected chi connectivity index (χ2v) is 3.09. The van der Waals surface area contributed by atoms with Crippen LogP contribution in [0.5, 0.6) is 5.75 Å². The Morgan fingerprint density at radius 3 is 2.65 bits per heavy atom. The molecule has 0 amide bonds. The van der Waals surface area contributed by atoms with Crippen molar-refractivity contribution in [3.63, 3.8) is 0 Å². The van der Waals surface area contributed by atoms with Gasteiger partial charge in [-0.25, -0.2) is 13.8 Å². The summed E-state index contributed by atoms with van der Waals surface area (Å²) < 4.78 is 28.6. The topological polar surface area (TPSA) is 73.6 Å². The van der Waals surface area contributed by atoms with Crippen LogP contribution in [0.3, 0.4) is 0 Å². The van der Waals surface area contributed by atoms with Gasteiger partial charge in [0.15, 0.2) is 5.96 Å². The first-order valence-electron chi connectivity index (χ1n) is 4.63. The van der Waals surface area contributed by atoms with Gasteiger partial charge < -0.3 is 16.2 Å². The molecular formula is C10H14F2IN3O. The highest BCUT2D eigenvalue weighted by molar-refractivity contribution is 14.0. The van der Waals surface area contributed by atoms with E-state index in [1.54, 1.807) is 24.3 Å². The number of nitrogens with two attached hydrogens (primary N) is 2. The lowest BCUT2D eigenvalue weighted by molar-refractivity contribution is 0.0818. The molecule has 0 unspecified atom stereocenters. The van der Waals surface area contributed by atoms with Crippen molar-refractivity contribution in [2.45, 2.75) is 13.0 Å². The Kier molecular flexibility index (Phi) is 7.51. The van der Waals surface area contributed by atoms with Crippen molar-refractivity contribution in [1.29, 1.82) is 0 Å². The summed E-state index contributed by atoms with van der Waals surface area (Å²) >= 11 is 0. The fraction of sp³-hybridized carbons (Fsp3) is 0.300. The zero-order valence-electron chi connectivity index (χ0n) is 8.98. The van der Waals surface area contributed by atoms with Crippen LogP contribution in [0, 0.1) is 0 Å². The molecule has 0 atom stereocenters. The van der Waals surface area contributed by atoms with E-state index in [0.29, 0.717) is 12.3 Å². The van der Waals surface area contributed by atoms with E-state index in [0.717, 1.165) is 5.56 Å². The summed E-state index contributed by atoms with van der Waals surface area (Å²) in [5.41, 5.74) is 11.1. The molecule has 4 N–H and O–H groups in total. The molecule has 0 aliphatic heterocycles. The van der Waals surface area contributed by atoms with E-state index in [1.807, 2.05) is 0 Å². The lowest BCUT2D eigenvalue weighted by Crippen LogP contribution is -2.22. The largest absolute Gasteiger partial charge is 0.488 e. The number of alkyl halides is 2. The standard InChI is InChI=1S/C10H13F2N3O.HI/c11-9(12)6-16-8-3-1-2-7(4-8)5-15-10(13)14;/h1-4,9H,5-6H2,(H4,13,14,15);1H. The predicted molar refractivity (Wildman–Crippen MR) is 72.9 cm³/mol. The van der Waals surface area contributed by atoms with Crippen LogP contribution in [-0.2, 0) is 6.54 Å². The van der Waals surface area contributed by atoms with Crippen molar-refractivity contribution in [1.82, 2.24) is 0 Å². The van der Waals surface area contributed by atoms with Crippen LogP contribution in [0.4, 0.5) is 8.78 Å². The summed E-state index contributed by atoms with van der Waals surface area (Å²) in [6.45, 7) is -0.319. The highest BCUT2D eigenvalue weighted by atomic mass is 127. The third-order valence-corrected chi connectivity index (χ3v) is 1.72. The molecule has 0 radical (unpaired) electrons. The van der Waals surface area contributed by atoms with Crippen LogP contribution in [0.15, 0.2) is 29.3 Å². The minimum absolute atomic E-state index is 0. The molecule has 0 aromatic heterocycles. The molecule has 1 rings (SSSR count). The summed E-state index contributed by atoms with van der Waals surface area (Å²) in [5, 5.41) is 0. The Morgan fingerprint density at radius 2 is 2.06 bits per heavy atom. The van der Waals surface area contributed by atoms with Gasteiger partial charge in [-0.1, -0.05) is 12.1 Å². The van der Waals surface area contributed by atoms with E-state index >= 15 is 0 Å². The number of benzene rings is 1. The van der Waals surface area contributed by atoms with Crippen molar-refractivity contribution in [3.05, 3.63) is 29.8 Å². The monoisotopic (exact) mass is 357 g/mol. The summed E-state index contributed by atoms with van der Waals surface area (Å²) in [6.07, 6.45) is -2.48. The predicted octanol–water partition coefficient (Wildman–Crippen LogP) is 1.72. The van der Waals surface area contributed by atoms with Crippen LogP contribution in [0.25, 0.3) is 0 Å². The lowest BCUT2D eigenvalue weighted by Gasteiger charge is -2.06. The number of guanidine groups is 1. The summed E-state index contributed by atoms with van der Waals surface area (Å²) in [7, 11) is 0. The van der Waals surface area contributed by atoms with E-state index < -0.39 is 13.0 Å². The number of aliphatic imine (C=N–C) groups is 1. The van der Waals surface area contributed by atoms with Gasteiger partial charge in [-0.3, -0.25) is 0 Å². The van der Waals surface area contributed by atoms with Crippen LogP contribution in [-0.4, -0.2) is 19.0 Å². The Balaban J connectivity index is 0.00000256. The van der Waals surface area contributed by atoms with Gasteiger partial charge in [0.25, 0.3) is 6.43 Å². The maximum Gasteiger partial charge on any atom is 0.272 e. The maximum absolute atomic E-state index is 11.9. The maximum atomic E-state index is 11.9. The van der Waals surface area contributed by atoms with Crippen LogP contribution >= 0.6 is 24.0 Å². The average molecular weight is 357 g/mol. The highest BCUT2D eigenvalue weighted by Gasteiger charge is 2.03. The summed E-state index contributed by atoms with van der Waals surface area (Å²) in [4.78, 5) is 3.80. The number of rotatable bonds is 5. The quantitative estimate of drug-likeness (QED) is 0.479. The third-order valence-electron chi connectivity index (χ3n) is 1.72. The molecule has 7 heteroatoms. The first-order chi connectivity index (χ1) is 7.58. The van der Waals surface area contributed by atoms with Crippen LogP contribution in [0.2, 0.25) is 0 Å². The second-order valence-electron chi connectivity index (χ2n) is 3.09. The average Bonchev–Trinajstić information content (AvgIpc) is 2.24. The molecule has 17 heavy (non-hydrogen) atoms.